The van der Waals surface area contributed by atoms with E-state index in [4.69, 9.17) is 27.9 Å². The van der Waals surface area contributed by atoms with Crippen LogP contribution < -0.4 is 4.74 Å². The van der Waals surface area contributed by atoms with E-state index < -0.39 is 29.3 Å². The molecule has 0 bridgehead atoms. The third-order valence-corrected chi connectivity index (χ3v) is 3.04. The number of halogens is 5. The number of alkyl halides is 3. The van der Waals surface area contributed by atoms with E-state index >= 15 is 0 Å². The quantitative estimate of drug-likeness (QED) is 0.418. The topological polar surface area (TPSA) is 52.6 Å². The van der Waals surface area contributed by atoms with Crippen LogP contribution in [0, 0.1) is 0 Å². The molecule has 1 aromatic rings. The lowest BCUT2D eigenvalue weighted by Crippen LogP contribution is -2.35. The summed E-state index contributed by atoms with van der Waals surface area (Å²) in [4.78, 5) is 18.8. The monoisotopic (exact) mass is 404 g/mol. The van der Waals surface area contributed by atoms with Crippen molar-refractivity contribution in [1.29, 1.82) is 0 Å². The van der Waals surface area contributed by atoms with Crippen molar-refractivity contribution >= 4 is 51.1 Å². The van der Waals surface area contributed by atoms with Crippen molar-refractivity contribution in [1.82, 2.24) is 0 Å². The number of hydrogen-bond acceptors (Lipinski definition) is 4. The number of ether oxygens (including phenoxy) is 2. The summed E-state index contributed by atoms with van der Waals surface area (Å²) in [7, 11) is 0. The van der Waals surface area contributed by atoms with Gasteiger partial charge in [0.1, 0.15) is 5.75 Å². The maximum Gasteiger partial charge on any atom is 0.338 e. The minimum absolute atomic E-state index is 0.00281. The van der Waals surface area contributed by atoms with Crippen LogP contribution in [-0.2, 0) is 14.3 Å². The molecule has 0 amide bonds. The molecule has 21 heavy (non-hydrogen) atoms. The first-order valence-corrected chi connectivity index (χ1v) is 7.03. The van der Waals surface area contributed by atoms with Crippen LogP contribution in [0.2, 0.25) is 10.0 Å². The van der Waals surface area contributed by atoms with E-state index in [2.05, 4.69) is 20.7 Å². The number of carbonyl (C=O) groups is 2. The largest absolute Gasteiger partial charge is 0.454 e. The molecular weight excluding hydrogens is 397 g/mol. The molecule has 116 valence electrons. The molecule has 1 rings (SSSR count). The van der Waals surface area contributed by atoms with Crippen LogP contribution in [0.4, 0.5) is 8.78 Å². The zero-order chi connectivity index (χ0) is 16.2. The van der Waals surface area contributed by atoms with Crippen molar-refractivity contribution in [2.75, 3.05) is 0 Å². The number of rotatable bonds is 5. The van der Waals surface area contributed by atoms with Crippen LogP contribution in [0.15, 0.2) is 18.2 Å². The smallest absolute Gasteiger partial charge is 0.338 e. The maximum absolute atomic E-state index is 13.2. The summed E-state index contributed by atoms with van der Waals surface area (Å²) in [5, 5.41) is 0.431. The van der Waals surface area contributed by atoms with E-state index in [1.54, 1.807) is 0 Å². The highest BCUT2D eigenvalue weighted by Crippen LogP contribution is 2.31. The highest BCUT2D eigenvalue weighted by molar-refractivity contribution is 9.10. The highest BCUT2D eigenvalue weighted by atomic mass is 79.9. The second kappa shape index (κ2) is 7.38. The Balaban J connectivity index is 2.76. The van der Waals surface area contributed by atoms with Gasteiger partial charge in [0.2, 0.25) is 0 Å². The molecule has 0 N–H and O–H groups in total. The summed E-state index contributed by atoms with van der Waals surface area (Å²) >= 11 is 13.5. The molecule has 0 saturated carbocycles. The molecule has 0 radical (unpaired) electrons. The lowest BCUT2D eigenvalue weighted by atomic mass is 10.2. The first-order valence-electron chi connectivity index (χ1n) is 5.48. The van der Waals surface area contributed by atoms with Gasteiger partial charge in [0.25, 0.3) is 0 Å². The molecule has 9 heteroatoms. The van der Waals surface area contributed by atoms with E-state index in [9.17, 15) is 18.4 Å². The van der Waals surface area contributed by atoms with Crippen molar-refractivity contribution in [2.45, 2.75) is 24.3 Å². The predicted octanol–water partition coefficient (Wildman–Crippen LogP) is 4.21. The number of benzene rings is 1. The Bertz CT molecular complexity index is 528. The summed E-state index contributed by atoms with van der Waals surface area (Å²) in [6, 6.07) is 3.99. The van der Waals surface area contributed by atoms with Crippen LogP contribution in [-0.4, -0.2) is 22.9 Å². The van der Waals surface area contributed by atoms with E-state index in [-0.39, 0.29) is 15.8 Å². The van der Waals surface area contributed by atoms with Crippen molar-refractivity contribution in [3.63, 3.8) is 0 Å². The Kier molecular flexibility index (Phi) is 6.37. The summed E-state index contributed by atoms with van der Waals surface area (Å²) in [6.45, 7) is 0.952. The summed E-state index contributed by atoms with van der Waals surface area (Å²) in [6.07, 6.45) is -2.83. The van der Waals surface area contributed by atoms with Gasteiger partial charge in [0.05, 0.1) is 6.42 Å². The molecule has 0 aliphatic rings. The van der Waals surface area contributed by atoms with Crippen molar-refractivity contribution in [3.05, 3.63) is 28.2 Å². The molecule has 0 aliphatic carbocycles. The molecule has 0 aliphatic heterocycles. The Morgan fingerprint density at radius 1 is 1.29 bits per heavy atom. The van der Waals surface area contributed by atoms with E-state index in [0.29, 0.717) is 0 Å². The van der Waals surface area contributed by atoms with Crippen LogP contribution in [0.1, 0.15) is 13.3 Å². The molecule has 1 unspecified atom stereocenters. The van der Waals surface area contributed by atoms with Crippen molar-refractivity contribution < 1.29 is 27.8 Å². The molecule has 4 nitrogen and oxygen atoms in total. The van der Waals surface area contributed by atoms with Gasteiger partial charge in [-0.05, 0) is 34.1 Å². The number of hydrogen-bond donors (Lipinski definition) is 0. The van der Waals surface area contributed by atoms with Crippen molar-refractivity contribution in [2.24, 2.45) is 0 Å². The van der Waals surface area contributed by atoms with Gasteiger partial charge in [-0.3, -0.25) is 9.59 Å². The van der Waals surface area contributed by atoms with Crippen LogP contribution in [0.3, 0.4) is 0 Å². The van der Waals surface area contributed by atoms with Crippen molar-refractivity contribution in [3.8, 4) is 5.75 Å². The number of esters is 2. The minimum Gasteiger partial charge on any atom is -0.454 e. The van der Waals surface area contributed by atoms with E-state index in [1.165, 1.54) is 18.2 Å². The third-order valence-electron chi connectivity index (χ3n) is 2.09. The molecule has 0 heterocycles. The fraction of sp³-hybridized carbons (Fsp3) is 0.333. The zero-order valence-corrected chi connectivity index (χ0v) is 13.6. The normalized spacial score (nSPS) is 12.7. The van der Waals surface area contributed by atoms with Gasteiger partial charge in [-0.25, -0.2) is 0 Å². The second-order valence-corrected chi connectivity index (χ2v) is 5.85. The van der Waals surface area contributed by atoms with Gasteiger partial charge in [0.15, 0.2) is 6.10 Å². The first-order chi connectivity index (χ1) is 9.57. The van der Waals surface area contributed by atoms with Gasteiger partial charge in [-0.2, -0.15) is 8.78 Å². The lowest BCUT2D eigenvalue weighted by molar-refractivity contribution is -0.161. The summed E-state index contributed by atoms with van der Waals surface area (Å²) in [5.74, 6) is -1.98. The van der Waals surface area contributed by atoms with Crippen LogP contribution in [0.5, 0.6) is 5.75 Å². The van der Waals surface area contributed by atoms with Crippen LogP contribution >= 0.6 is 39.1 Å². The second-order valence-electron chi connectivity index (χ2n) is 3.92. The summed E-state index contributed by atoms with van der Waals surface area (Å²) < 4.78 is 35.5. The minimum atomic E-state index is -3.57. The fourth-order valence-electron chi connectivity index (χ4n) is 1.34. The van der Waals surface area contributed by atoms with E-state index in [0.717, 1.165) is 6.92 Å². The molecule has 0 saturated heterocycles. The van der Waals surface area contributed by atoms with Gasteiger partial charge in [-0.1, -0.05) is 23.2 Å². The molecule has 0 spiro atoms. The van der Waals surface area contributed by atoms with Crippen LogP contribution in [0.25, 0.3) is 0 Å². The zero-order valence-electron chi connectivity index (χ0n) is 10.5. The molecule has 1 atom stereocenters. The molecule has 0 fully saturated rings. The Morgan fingerprint density at radius 2 is 1.81 bits per heavy atom. The first kappa shape index (κ1) is 18.1. The third kappa shape index (κ3) is 6.58. The van der Waals surface area contributed by atoms with Gasteiger partial charge < -0.3 is 9.47 Å². The fourth-order valence-corrected chi connectivity index (χ4v) is 2.10. The maximum atomic E-state index is 13.2. The van der Waals surface area contributed by atoms with Gasteiger partial charge in [0, 0.05) is 17.0 Å². The predicted molar refractivity (Wildman–Crippen MR) is 76.1 cm³/mol. The SMILES string of the molecule is CC(=O)OC(CC(=O)Oc1cc(Cl)cc(Cl)c1)C(F)(F)Br. The van der Waals surface area contributed by atoms with E-state index in [1.807, 2.05) is 0 Å². The number of carbonyl (C=O) groups excluding carboxylic acids is 2. The Labute approximate surface area is 137 Å². The summed E-state index contributed by atoms with van der Waals surface area (Å²) in [5.41, 5.74) is 0. The highest BCUT2D eigenvalue weighted by Gasteiger charge is 2.41. The Hall–Kier alpha value is -0.920. The van der Waals surface area contributed by atoms with Gasteiger partial charge >= 0.3 is 16.8 Å². The van der Waals surface area contributed by atoms with Gasteiger partial charge in [-0.15, -0.1) is 0 Å². The lowest BCUT2D eigenvalue weighted by Gasteiger charge is -2.20. The molecule has 0 aromatic heterocycles. The average Bonchev–Trinajstić information content (AvgIpc) is 2.24. The molecular formula is C12H9BrCl2F2O4. The standard InChI is InChI=1S/C12H9BrCl2F2O4/c1-6(18)20-10(12(13,16)17)5-11(19)21-9-3-7(14)2-8(15)4-9/h2-4,10H,5H2,1H3. The molecule has 1 aromatic carbocycles. The Morgan fingerprint density at radius 3 is 2.24 bits per heavy atom. The average molecular weight is 406 g/mol.